The van der Waals surface area contributed by atoms with Gasteiger partial charge in [-0.15, -0.1) is 0 Å². The highest BCUT2D eigenvalue weighted by Crippen LogP contribution is 2.44. The summed E-state index contributed by atoms with van der Waals surface area (Å²) in [4.78, 5) is 0. The lowest BCUT2D eigenvalue weighted by atomic mass is 10.1. The first kappa shape index (κ1) is 6.83. The van der Waals surface area contributed by atoms with Gasteiger partial charge in [-0.2, -0.15) is 0 Å². The van der Waals surface area contributed by atoms with Crippen LogP contribution in [0.15, 0.2) is 24.3 Å². The molecule has 0 amide bonds. The highest BCUT2D eigenvalue weighted by molar-refractivity contribution is 5.53. The fourth-order valence-electron chi connectivity index (χ4n) is 1.56. The van der Waals surface area contributed by atoms with Crippen molar-refractivity contribution in [2.75, 3.05) is 6.61 Å². The maximum absolute atomic E-state index is 8.79. The third-order valence-corrected chi connectivity index (χ3v) is 2.22. The van der Waals surface area contributed by atoms with Gasteiger partial charge in [0.05, 0.1) is 6.61 Å². The minimum Gasteiger partial charge on any atom is -0.395 e. The minimum atomic E-state index is -0.104. The van der Waals surface area contributed by atoms with E-state index in [0.29, 0.717) is 5.92 Å². The molecule has 1 atom stereocenters. The molecule has 2 heteroatoms. The molecule has 2 nitrogen and oxygen atoms in total. The largest absolute Gasteiger partial charge is 0.395 e. The number of hydrogen-bond acceptors (Lipinski definition) is 2. The molecule has 3 N–H and O–H groups in total. The van der Waals surface area contributed by atoms with Crippen LogP contribution < -0.4 is 5.73 Å². The van der Waals surface area contributed by atoms with Crippen molar-refractivity contribution in [2.24, 2.45) is 5.73 Å². The van der Waals surface area contributed by atoms with Gasteiger partial charge in [-0.3, -0.25) is 0 Å². The van der Waals surface area contributed by atoms with Crippen LogP contribution in [0.4, 0.5) is 0 Å². The van der Waals surface area contributed by atoms with Gasteiger partial charge in [-0.25, -0.2) is 0 Å². The molecule has 0 bridgehead atoms. The van der Waals surface area contributed by atoms with Gasteiger partial charge < -0.3 is 10.8 Å². The van der Waals surface area contributed by atoms with Crippen LogP contribution in [0.25, 0.3) is 0 Å². The quantitative estimate of drug-likeness (QED) is 0.641. The predicted molar refractivity (Wildman–Crippen MR) is 43.3 cm³/mol. The predicted octanol–water partition coefficient (Wildman–Crippen LogP) is 0.452. The fraction of sp³-hybridized carbons (Fsp3) is 0.333. The second-order valence-corrected chi connectivity index (χ2v) is 2.95. The van der Waals surface area contributed by atoms with Gasteiger partial charge in [0.25, 0.3) is 0 Å². The van der Waals surface area contributed by atoms with Gasteiger partial charge >= 0.3 is 0 Å². The molecule has 11 heavy (non-hydrogen) atoms. The molecule has 0 aromatic heterocycles. The number of aliphatic hydroxyl groups is 1. The van der Waals surface area contributed by atoms with Gasteiger partial charge in [0.1, 0.15) is 0 Å². The van der Waals surface area contributed by atoms with E-state index in [0.717, 1.165) is 0 Å². The molecule has 2 rings (SSSR count). The molecular weight excluding hydrogens is 138 g/mol. The molecule has 0 saturated heterocycles. The van der Waals surface area contributed by atoms with Crippen molar-refractivity contribution in [3.63, 3.8) is 0 Å². The SMILES string of the molecule is N[C@@H](CO)C1c2ccccc21. The van der Waals surface area contributed by atoms with E-state index in [-0.39, 0.29) is 12.6 Å². The molecule has 0 unspecified atom stereocenters. The Labute approximate surface area is 65.7 Å². The number of rotatable bonds is 2. The van der Waals surface area contributed by atoms with E-state index in [4.69, 9.17) is 10.8 Å². The first-order valence-corrected chi connectivity index (χ1v) is 3.80. The molecule has 0 fully saturated rings. The lowest BCUT2D eigenvalue weighted by molar-refractivity contribution is 0.263. The first-order chi connectivity index (χ1) is 5.34. The van der Waals surface area contributed by atoms with Gasteiger partial charge in [-0.1, -0.05) is 24.3 Å². The highest BCUT2D eigenvalue weighted by Gasteiger charge is 2.36. The van der Waals surface area contributed by atoms with E-state index < -0.39 is 0 Å². The second-order valence-electron chi connectivity index (χ2n) is 2.95. The van der Waals surface area contributed by atoms with Crippen LogP contribution in [0.5, 0.6) is 0 Å². The van der Waals surface area contributed by atoms with Crippen LogP contribution in [0, 0.1) is 0 Å². The van der Waals surface area contributed by atoms with Crippen molar-refractivity contribution in [3.05, 3.63) is 35.4 Å². The zero-order valence-corrected chi connectivity index (χ0v) is 6.20. The van der Waals surface area contributed by atoms with Crippen LogP contribution in [-0.2, 0) is 0 Å². The Morgan fingerprint density at radius 1 is 1.36 bits per heavy atom. The van der Waals surface area contributed by atoms with E-state index in [1.54, 1.807) is 0 Å². The maximum atomic E-state index is 8.79. The summed E-state index contributed by atoms with van der Waals surface area (Å²) in [6.07, 6.45) is 0. The zero-order chi connectivity index (χ0) is 7.84. The number of fused-ring (bicyclic) bond motifs is 1. The summed E-state index contributed by atoms with van der Waals surface area (Å²) in [6, 6.07) is 8.03. The summed E-state index contributed by atoms with van der Waals surface area (Å²) in [5, 5.41) is 8.79. The number of hydrogen-bond donors (Lipinski definition) is 2. The Kier molecular flexibility index (Phi) is 1.44. The van der Waals surface area contributed by atoms with Crippen molar-refractivity contribution < 1.29 is 5.11 Å². The van der Waals surface area contributed by atoms with Crippen molar-refractivity contribution in [2.45, 2.75) is 12.0 Å². The Balaban J connectivity index is 2.18. The Morgan fingerprint density at radius 2 is 1.91 bits per heavy atom. The van der Waals surface area contributed by atoms with E-state index in [1.165, 1.54) is 11.1 Å². The van der Waals surface area contributed by atoms with Gasteiger partial charge in [0.15, 0.2) is 0 Å². The Hall–Kier alpha value is -0.860. The van der Waals surface area contributed by atoms with Crippen LogP contribution in [-0.4, -0.2) is 17.8 Å². The summed E-state index contributed by atoms with van der Waals surface area (Å²) < 4.78 is 0. The molecule has 0 radical (unpaired) electrons. The van der Waals surface area contributed by atoms with E-state index in [2.05, 4.69) is 12.1 Å². The zero-order valence-electron chi connectivity index (χ0n) is 6.20. The van der Waals surface area contributed by atoms with Crippen molar-refractivity contribution >= 4 is 0 Å². The van der Waals surface area contributed by atoms with Gasteiger partial charge in [0.2, 0.25) is 0 Å². The summed E-state index contributed by atoms with van der Waals surface area (Å²) in [5.74, 6) is 0.329. The average Bonchev–Trinajstić information content (AvgIpc) is 2.77. The van der Waals surface area contributed by atoms with E-state index >= 15 is 0 Å². The maximum Gasteiger partial charge on any atom is 0.0591 e. The smallest absolute Gasteiger partial charge is 0.0591 e. The molecule has 0 heterocycles. The molecule has 1 aromatic rings. The molecule has 0 saturated carbocycles. The van der Waals surface area contributed by atoms with E-state index in [9.17, 15) is 0 Å². The summed E-state index contributed by atoms with van der Waals surface area (Å²) in [7, 11) is 0. The lowest BCUT2D eigenvalue weighted by Gasteiger charge is -2.03. The van der Waals surface area contributed by atoms with Crippen molar-refractivity contribution in [3.8, 4) is 0 Å². The van der Waals surface area contributed by atoms with E-state index in [1.807, 2.05) is 12.1 Å². The molecule has 0 spiro atoms. The molecule has 58 valence electrons. The summed E-state index contributed by atoms with van der Waals surface area (Å²) in [6.45, 7) is 0.0688. The molecule has 1 aromatic carbocycles. The number of benzene rings is 1. The first-order valence-electron chi connectivity index (χ1n) is 3.80. The van der Waals surface area contributed by atoms with Crippen LogP contribution >= 0.6 is 0 Å². The topological polar surface area (TPSA) is 46.2 Å². The van der Waals surface area contributed by atoms with Crippen molar-refractivity contribution in [1.82, 2.24) is 0 Å². The normalized spacial score (nSPS) is 17.6. The summed E-state index contributed by atoms with van der Waals surface area (Å²) in [5.41, 5.74) is 8.28. The Bertz CT molecular complexity index is 249. The monoisotopic (exact) mass is 149 g/mol. The fourth-order valence-corrected chi connectivity index (χ4v) is 1.56. The molecule has 1 aliphatic rings. The lowest BCUT2D eigenvalue weighted by Crippen LogP contribution is -2.25. The number of aliphatic hydroxyl groups excluding tert-OH is 1. The standard InChI is InChI=1S/C9H11NO/c10-8(5-11)9-6-3-1-2-4-7(6)9/h1-4,8-9,11H,5,10H2/t8-/m0/s1. The van der Waals surface area contributed by atoms with Crippen LogP contribution in [0.2, 0.25) is 0 Å². The Morgan fingerprint density at radius 3 is 2.36 bits per heavy atom. The van der Waals surface area contributed by atoms with Crippen molar-refractivity contribution in [1.29, 1.82) is 0 Å². The molecule has 0 aliphatic heterocycles. The number of nitrogens with two attached hydrogens (primary N) is 1. The second kappa shape index (κ2) is 2.32. The average molecular weight is 149 g/mol. The third kappa shape index (κ3) is 0.951. The molecular formula is C9H11NO. The minimum absolute atomic E-state index is 0.0688. The van der Waals surface area contributed by atoms with Gasteiger partial charge in [-0.05, 0) is 11.1 Å². The van der Waals surface area contributed by atoms with Crippen LogP contribution in [0.1, 0.15) is 17.0 Å². The summed E-state index contributed by atoms with van der Waals surface area (Å²) >= 11 is 0. The van der Waals surface area contributed by atoms with Gasteiger partial charge in [0, 0.05) is 12.0 Å². The highest BCUT2D eigenvalue weighted by atomic mass is 16.3. The molecule has 1 aliphatic carbocycles. The third-order valence-electron chi connectivity index (χ3n) is 2.22. The van der Waals surface area contributed by atoms with Crippen LogP contribution in [0.3, 0.4) is 0 Å².